The first-order chi connectivity index (χ1) is 9.49. The van der Waals surface area contributed by atoms with Crippen molar-refractivity contribution in [1.82, 2.24) is 0 Å². The molecule has 1 aromatic carbocycles. The smallest absolute Gasteiger partial charge is 0.239 e. The Hall–Kier alpha value is -1.60. The number of amides is 1. The zero-order valence-corrected chi connectivity index (χ0v) is 12.7. The molecule has 0 aromatic heterocycles. The van der Waals surface area contributed by atoms with Gasteiger partial charge in [0.2, 0.25) is 5.91 Å². The van der Waals surface area contributed by atoms with Crippen LogP contribution in [0.1, 0.15) is 6.92 Å². The molecule has 0 aliphatic heterocycles. The number of carbonyl (C=O) groups excluding carboxylic acids is 1. The normalized spacial score (nSPS) is 13.6. The van der Waals surface area contributed by atoms with Crippen LogP contribution in [0, 0.1) is 0 Å². The van der Waals surface area contributed by atoms with Crippen LogP contribution in [0.15, 0.2) is 18.2 Å². The van der Waals surface area contributed by atoms with Crippen LogP contribution in [-0.2, 0) is 20.3 Å². The number of rotatable bonds is 7. The number of methoxy groups -OCH3 is 2. The number of benzene rings is 1. The predicted octanol–water partition coefficient (Wildman–Crippen LogP) is 0.999. The molecule has 0 heterocycles. The summed E-state index contributed by atoms with van der Waals surface area (Å²) in [6.45, 7) is 1.97. The fourth-order valence-electron chi connectivity index (χ4n) is 1.51. The highest BCUT2D eigenvalue weighted by molar-refractivity contribution is 7.86. The van der Waals surface area contributed by atoms with Gasteiger partial charge in [-0.3, -0.25) is 9.00 Å². The van der Waals surface area contributed by atoms with E-state index in [2.05, 4.69) is 5.32 Å². The Morgan fingerprint density at radius 2 is 2.15 bits per heavy atom. The predicted molar refractivity (Wildman–Crippen MR) is 80.4 cm³/mol. The molecular weight excluding hydrogens is 280 g/mol. The lowest BCUT2D eigenvalue weighted by molar-refractivity contribution is -0.115. The topological polar surface area (TPSA) is 90.7 Å². The Morgan fingerprint density at radius 1 is 1.45 bits per heavy atom. The summed E-state index contributed by atoms with van der Waals surface area (Å²) in [7, 11) is 1.74. The molecule has 112 valence electrons. The Balaban J connectivity index is 2.72. The number of hydrogen-bond donors (Lipinski definition) is 2. The maximum atomic E-state index is 12.0. The molecule has 3 N–H and O–H groups in total. The van der Waals surface area contributed by atoms with Crippen LogP contribution >= 0.6 is 0 Å². The van der Waals surface area contributed by atoms with E-state index in [0.29, 0.717) is 29.5 Å². The van der Waals surface area contributed by atoms with Gasteiger partial charge in [-0.05, 0) is 19.1 Å². The quantitative estimate of drug-likeness (QED) is 0.733. The molecule has 0 fully saturated rings. The van der Waals surface area contributed by atoms with Crippen LogP contribution < -0.4 is 15.8 Å². The minimum Gasteiger partial charge on any atom is -0.494 e. The van der Waals surface area contributed by atoms with E-state index in [9.17, 15) is 9.00 Å². The average molecular weight is 300 g/mol. The van der Waals surface area contributed by atoms with Crippen molar-refractivity contribution in [3.63, 3.8) is 0 Å². The summed E-state index contributed by atoms with van der Waals surface area (Å²) in [6.07, 6.45) is 0. The van der Waals surface area contributed by atoms with E-state index in [1.165, 1.54) is 14.2 Å². The van der Waals surface area contributed by atoms with Gasteiger partial charge >= 0.3 is 0 Å². The summed E-state index contributed by atoms with van der Waals surface area (Å²) in [5.41, 5.74) is 6.68. The summed E-state index contributed by atoms with van der Waals surface area (Å²) >= 11 is 0. The summed E-state index contributed by atoms with van der Waals surface area (Å²) < 4.78 is 21.9. The lowest BCUT2D eigenvalue weighted by atomic mass is 10.2. The minimum atomic E-state index is -1.28. The van der Waals surface area contributed by atoms with Crippen molar-refractivity contribution in [3.8, 4) is 5.75 Å². The first-order valence-corrected chi connectivity index (χ1v) is 7.48. The summed E-state index contributed by atoms with van der Waals surface area (Å²) in [5.74, 6) is 0.458. The van der Waals surface area contributed by atoms with Crippen LogP contribution in [0.4, 0.5) is 11.4 Å². The summed E-state index contributed by atoms with van der Waals surface area (Å²) in [4.78, 5) is 12.0. The van der Waals surface area contributed by atoms with Gasteiger partial charge in [0, 0.05) is 35.4 Å². The number of nitrogens with two attached hydrogens (primary N) is 1. The average Bonchev–Trinajstić information content (AvgIpc) is 2.45. The molecular formula is C13H20N2O4S. The molecule has 0 aliphatic carbocycles. The third kappa shape index (κ3) is 4.50. The lowest BCUT2D eigenvalue weighted by Crippen LogP contribution is -2.31. The molecule has 0 aliphatic rings. The molecule has 0 bridgehead atoms. The van der Waals surface area contributed by atoms with Gasteiger partial charge in [0.15, 0.2) is 0 Å². The molecule has 1 rings (SSSR count). The second-order valence-electron chi connectivity index (χ2n) is 4.17. The Morgan fingerprint density at radius 3 is 2.75 bits per heavy atom. The van der Waals surface area contributed by atoms with E-state index in [1.807, 2.05) is 0 Å². The summed E-state index contributed by atoms with van der Waals surface area (Å²) in [5, 5.41) is 2.06. The monoisotopic (exact) mass is 300 g/mol. The van der Waals surface area contributed by atoms with Gasteiger partial charge in [-0.25, -0.2) is 0 Å². The SMILES string of the molecule is COCCS(=O)C(C)C(=O)Nc1ccc(N)cc1OC. The van der Waals surface area contributed by atoms with Crippen LogP contribution in [0.25, 0.3) is 0 Å². The van der Waals surface area contributed by atoms with Crippen molar-refractivity contribution in [2.75, 3.05) is 37.6 Å². The van der Waals surface area contributed by atoms with E-state index >= 15 is 0 Å². The number of ether oxygens (including phenoxy) is 2. The van der Waals surface area contributed by atoms with Crippen LogP contribution in [-0.4, -0.2) is 41.9 Å². The van der Waals surface area contributed by atoms with E-state index < -0.39 is 16.0 Å². The van der Waals surface area contributed by atoms with Crippen molar-refractivity contribution in [1.29, 1.82) is 0 Å². The van der Waals surface area contributed by atoms with Crippen molar-refractivity contribution in [3.05, 3.63) is 18.2 Å². The number of anilines is 2. The molecule has 0 saturated carbocycles. The zero-order valence-electron chi connectivity index (χ0n) is 11.8. The third-order valence-electron chi connectivity index (χ3n) is 2.74. The van der Waals surface area contributed by atoms with Gasteiger partial charge in [0.25, 0.3) is 0 Å². The van der Waals surface area contributed by atoms with Crippen molar-refractivity contribution >= 4 is 28.1 Å². The highest BCUT2D eigenvalue weighted by Gasteiger charge is 2.20. The molecule has 0 radical (unpaired) electrons. The van der Waals surface area contributed by atoms with Crippen molar-refractivity contribution in [2.24, 2.45) is 0 Å². The third-order valence-corrected chi connectivity index (χ3v) is 4.31. The van der Waals surface area contributed by atoms with E-state index in [-0.39, 0.29) is 5.91 Å². The van der Waals surface area contributed by atoms with Gasteiger partial charge in [0.05, 0.1) is 19.4 Å². The number of hydrogen-bond acceptors (Lipinski definition) is 5. The van der Waals surface area contributed by atoms with Crippen LogP contribution in [0.5, 0.6) is 5.75 Å². The highest BCUT2D eigenvalue weighted by Crippen LogP contribution is 2.26. The van der Waals surface area contributed by atoms with Crippen molar-refractivity contribution < 1.29 is 18.5 Å². The Kier molecular flexibility index (Phi) is 6.47. The van der Waals surface area contributed by atoms with Crippen LogP contribution in [0.3, 0.4) is 0 Å². The van der Waals surface area contributed by atoms with Gasteiger partial charge in [0.1, 0.15) is 11.0 Å². The molecule has 0 spiro atoms. The van der Waals surface area contributed by atoms with Crippen LogP contribution in [0.2, 0.25) is 0 Å². The molecule has 20 heavy (non-hydrogen) atoms. The first kappa shape index (κ1) is 16.5. The highest BCUT2D eigenvalue weighted by atomic mass is 32.2. The first-order valence-electron chi connectivity index (χ1n) is 6.10. The molecule has 7 heteroatoms. The standard InChI is InChI=1S/C13H20N2O4S/c1-9(20(17)7-6-18-2)13(16)15-11-5-4-10(14)8-12(11)19-3/h4-5,8-9H,6-7,14H2,1-3H3,(H,15,16). The molecule has 2 atom stereocenters. The molecule has 0 saturated heterocycles. The zero-order chi connectivity index (χ0) is 15.1. The number of nitrogens with one attached hydrogen (secondary N) is 1. The largest absolute Gasteiger partial charge is 0.494 e. The van der Waals surface area contributed by atoms with Gasteiger partial charge in [-0.1, -0.05) is 0 Å². The van der Waals surface area contributed by atoms with Crippen molar-refractivity contribution in [2.45, 2.75) is 12.2 Å². The Bertz CT molecular complexity index is 493. The summed E-state index contributed by atoms with van der Waals surface area (Å²) in [6, 6.07) is 4.92. The molecule has 2 unspecified atom stereocenters. The molecule has 6 nitrogen and oxygen atoms in total. The fraction of sp³-hybridized carbons (Fsp3) is 0.462. The second-order valence-corrected chi connectivity index (χ2v) is 6.05. The van der Waals surface area contributed by atoms with E-state index in [4.69, 9.17) is 15.2 Å². The second kappa shape index (κ2) is 7.86. The fourth-order valence-corrected chi connectivity index (χ4v) is 2.49. The number of nitrogen functional groups attached to an aromatic ring is 1. The van der Waals surface area contributed by atoms with E-state index in [1.54, 1.807) is 25.1 Å². The van der Waals surface area contributed by atoms with Gasteiger partial charge in [-0.15, -0.1) is 0 Å². The van der Waals surface area contributed by atoms with Gasteiger partial charge < -0.3 is 20.5 Å². The molecule has 1 amide bonds. The Labute approximate surface area is 121 Å². The van der Waals surface area contributed by atoms with Gasteiger partial charge in [-0.2, -0.15) is 0 Å². The molecule has 1 aromatic rings. The lowest BCUT2D eigenvalue weighted by Gasteiger charge is -2.14. The minimum absolute atomic E-state index is 0.323. The number of carbonyl (C=O) groups is 1. The van der Waals surface area contributed by atoms with E-state index in [0.717, 1.165) is 0 Å². The maximum Gasteiger partial charge on any atom is 0.239 e. The maximum absolute atomic E-state index is 12.0.